The van der Waals surface area contributed by atoms with Crippen molar-refractivity contribution in [3.8, 4) is 5.75 Å². The van der Waals surface area contributed by atoms with E-state index in [0.717, 1.165) is 35.6 Å². The molecule has 0 spiro atoms. The Morgan fingerprint density at radius 3 is 3.00 bits per heavy atom. The van der Waals surface area contributed by atoms with Gasteiger partial charge in [-0.3, -0.25) is 0 Å². The predicted molar refractivity (Wildman–Crippen MR) is 72.0 cm³/mol. The largest absolute Gasteiger partial charge is 0.489 e. The lowest BCUT2D eigenvalue weighted by molar-refractivity contribution is 0.301. The minimum absolute atomic E-state index is 0.187. The molecule has 1 aliphatic rings. The number of nitrogens with two attached hydrogens (primary N) is 1. The van der Waals surface area contributed by atoms with Crippen LogP contribution >= 0.6 is 0 Å². The van der Waals surface area contributed by atoms with Crippen LogP contribution in [-0.4, -0.2) is 5.16 Å². The lowest BCUT2D eigenvalue weighted by Crippen LogP contribution is -2.05. The van der Waals surface area contributed by atoms with E-state index in [1.807, 2.05) is 19.9 Å². The Labute approximate surface area is 112 Å². The van der Waals surface area contributed by atoms with Gasteiger partial charge >= 0.3 is 0 Å². The number of fused-ring (bicyclic) bond motifs is 1. The smallest absolute Gasteiger partial charge is 0.140 e. The Bertz CT molecular complexity index is 585. The van der Waals surface area contributed by atoms with Crippen molar-refractivity contribution >= 4 is 0 Å². The molecule has 19 heavy (non-hydrogen) atoms. The summed E-state index contributed by atoms with van der Waals surface area (Å²) in [6.45, 7) is 4.32. The molecule has 2 N–H and O–H groups in total. The minimum Gasteiger partial charge on any atom is -0.489 e. The van der Waals surface area contributed by atoms with Gasteiger partial charge in [0.25, 0.3) is 0 Å². The quantitative estimate of drug-likeness (QED) is 0.919. The molecular formula is C15H18N2O2. The summed E-state index contributed by atoms with van der Waals surface area (Å²) in [5, 5.41) is 3.92. The molecule has 3 rings (SSSR count). The Hall–Kier alpha value is -1.81. The van der Waals surface area contributed by atoms with Crippen molar-refractivity contribution in [2.75, 3.05) is 0 Å². The number of aromatic nitrogens is 1. The molecule has 1 aromatic carbocycles. The summed E-state index contributed by atoms with van der Waals surface area (Å²) in [6.07, 6.45) is 2.07. The Balaban J connectivity index is 1.75. The van der Waals surface area contributed by atoms with Crippen LogP contribution in [0.2, 0.25) is 0 Å². The van der Waals surface area contributed by atoms with Gasteiger partial charge in [0.2, 0.25) is 0 Å². The summed E-state index contributed by atoms with van der Waals surface area (Å²) in [4.78, 5) is 0. The second-order valence-corrected chi connectivity index (χ2v) is 5.10. The minimum atomic E-state index is 0.187. The number of benzene rings is 1. The van der Waals surface area contributed by atoms with Crippen molar-refractivity contribution < 1.29 is 9.26 Å². The van der Waals surface area contributed by atoms with E-state index >= 15 is 0 Å². The fourth-order valence-corrected chi connectivity index (χ4v) is 2.58. The molecule has 4 heteroatoms. The molecular weight excluding hydrogens is 240 g/mol. The summed E-state index contributed by atoms with van der Waals surface area (Å²) in [7, 11) is 0. The van der Waals surface area contributed by atoms with Crippen LogP contribution in [0.4, 0.5) is 0 Å². The highest BCUT2D eigenvalue weighted by Gasteiger charge is 2.19. The van der Waals surface area contributed by atoms with Crippen LogP contribution in [0, 0.1) is 13.8 Å². The number of aryl methyl sites for hydroxylation is 3. The molecule has 4 nitrogen and oxygen atoms in total. The predicted octanol–water partition coefficient (Wildman–Crippen LogP) is 2.82. The normalized spacial score (nSPS) is 17.5. The van der Waals surface area contributed by atoms with Crippen LogP contribution in [0.5, 0.6) is 5.75 Å². The van der Waals surface area contributed by atoms with Gasteiger partial charge in [0, 0.05) is 6.04 Å². The van der Waals surface area contributed by atoms with Crippen molar-refractivity contribution in [1.29, 1.82) is 0 Å². The first-order chi connectivity index (χ1) is 9.15. The topological polar surface area (TPSA) is 61.3 Å². The number of hydrogen-bond donors (Lipinski definition) is 1. The lowest BCUT2D eigenvalue weighted by Gasteiger charge is -2.09. The second kappa shape index (κ2) is 4.70. The van der Waals surface area contributed by atoms with Crippen molar-refractivity contribution in [1.82, 2.24) is 5.16 Å². The Morgan fingerprint density at radius 2 is 2.26 bits per heavy atom. The highest BCUT2D eigenvalue weighted by atomic mass is 16.5. The Morgan fingerprint density at radius 1 is 1.42 bits per heavy atom. The second-order valence-electron chi connectivity index (χ2n) is 5.10. The molecule has 100 valence electrons. The molecule has 1 aromatic heterocycles. The highest BCUT2D eigenvalue weighted by Crippen LogP contribution is 2.32. The van der Waals surface area contributed by atoms with Crippen LogP contribution in [0.1, 0.15) is 40.6 Å². The fraction of sp³-hybridized carbons (Fsp3) is 0.400. The number of rotatable bonds is 3. The molecule has 0 bridgehead atoms. The molecule has 1 aliphatic carbocycles. The van der Waals surface area contributed by atoms with Crippen molar-refractivity contribution in [3.63, 3.8) is 0 Å². The first kappa shape index (κ1) is 12.2. The molecule has 0 amide bonds. The third-order valence-electron chi connectivity index (χ3n) is 3.80. The zero-order chi connectivity index (χ0) is 13.4. The summed E-state index contributed by atoms with van der Waals surface area (Å²) >= 11 is 0. The van der Waals surface area contributed by atoms with E-state index in [-0.39, 0.29) is 6.04 Å². The summed E-state index contributed by atoms with van der Waals surface area (Å²) in [5.74, 6) is 1.70. The molecule has 0 unspecified atom stereocenters. The molecule has 0 aliphatic heterocycles. The van der Waals surface area contributed by atoms with E-state index < -0.39 is 0 Å². The van der Waals surface area contributed by atoms with E-state index in [2.05, 4.69) is 17.3 Å². The van der Waals surface area contributed by atoms with Gasteiger partial charge in [0.05, 0.1) is 11.3 Å². The molecule has 1 atom stereocenters. The van der Waals surface area contributed by atoms with Gasteiger partial charge in [-0.1, -0.05) is 11.2 Å². The van der Waals surface area contributed by atoms with Crippen LogP contribution in [0.25, 0.3) is 0 Å². The molecule has 0 radical (unpaired) electrons. The first-order valence-corrected chi connectivity index (χ1v) is 6.58. The lowest BCUT2D eigenvalue weighted by atomic mass is 10.1. The summed E-state index contributed by atoms with van der Waals surface area (Å²) < 4.78 is 11.0. The first-order valence-electron chi connectivity index (χ1n) is 6.58. The third-order valence-corrected chi connectivity index (χ3v) is 3.80. The maximum Gasteiger partial charge on any atom is 0.140 e. The van der Waals surface area contributed by atoms with E-state index in [1.165, 1.54) is 11.1 Å². The zero-order valence-corrected chi connectivity index (χ0v) is 11.3. The average molecular weight is 258 g/mol. The maximum absolute atomic E-state index is 6.03. The van der Waals surface area contributed by atoms with Gasteiger partial charge in [-0.25, -0.2) is 0 Å². The van der Waals surface area contributed by atoms with Crippen molar-refractivity contribution in [3.05, 3.63) is 46.3 Å². The van der Waals surface area contributed by atoms with E-state index in [1.54, 1.807) is 0 Å². The van der Waals surface area contributed by atoms with Crippen LogP contribution in [0.15, 0.2) is 22.7 Å². The number of nitrogens with zero attached hydrogens (tertiary/aromatic N) is 1. The molecule has 0 saturated carbocycles. The van der Waals surface area contributed by atoms with Gasteiger partial charge in [0.15, 0.2) is 0 Å². The van der Waals surface area contributed by atoms with Crippen LogP contribution in [-0.2, 0) is 13.0 Å². The number of ether oxygens (including phenoxy) is 1. The molecule has 1 heterocycles. The van der Waals surface area contributed by atoms with E-state index in [0.29, 0.717) is 6.61 Å². The zero-order valence-electron chi connectivity index (χ0n) is 11.3. The SMILES string of the molecule is Cc1noc(C)c1COc1ccc2c(c1)CC[C@@H]2N. The summed E-state index contributed by atoms with van der Waals surface area (Å²) in [6, 6.07) is 6.35. The monoisotopic (exact) mass is 258 g/mol. The standard InChI is InChI=1S/C15H18N2O2/c1-9-14(10(2)19-17-9)8-18-12-4-5-13-11(7-12)3-6-15(13)16/h4-5,7,15H,3,6,8,16H2,1-2H3/t15-/m0/s1. The Kier molecular flexibility index (Phi) is 3.03. The number of hydrogen-bond acceptors (Lipinski definition) is 4. The van der Waals surface area contributed by atoms with Gasteiger partial charge in [0.1, 0.15) is 18.1 Å². The van der Waals surface area contributed by atoms with Crippen molar-refractivity contribution in [2.45, 2.75) is 39.3 Å². The average Bonchev–Trinajstić information content (AvgIpc) is 2.92. The molecule has 0 saturated heterocycles. The van der Waals surface area contributed by atoms with Gasteiger partial charge < -0.3 is 15.0 Å². The van der Waals surface area contributed by atoms with Crippen molar-refractivity contribution in [2.24, 2.45) is 5.73 Å². The van der Waals surface area contributed by atoms with Gasteiger partial charge in [-0.05, 0) is 49.9 Å². The van der Waals surface area contributed by atoms with Gasteiger partial charge in [-0.15, -0.1) is 0 Å². The van der Waals surface area contributed by atoms with E-state index in [4.69, 9.17) is 15.0 Å². The van der Waals surface area contributed by atoms with Crippen LogP contribution < -0.4 is 10.5 Å². The maximum atomic E-state index is 6.03. The summed E-state index contributed by atoms with van der Waals surface area (Å²) in [5.41, 5.74) is 10.5. The van der Waals surface area contributed by atoms with Crippen LogP contribution in [0.3, 0.4) is 0 Å². The van der Waals surface area contributed by atoms with Gasteiger partial charge in [-0.2, -0.15) is 0 Å². The van der Waals surface area contributed by atoms with E-state index in [9.17, 15) is 0 Å². The third kappa shape index (κ3) is 2.24. The molecule has 2 aromatic rings. The highest BCUT2D eigenvalue weighted by molar-refractivity contribution is 5.40. The molecule has 0 fully saturated rings. The fourth-order valence-electron chi connectivity index (χ4n) is 2.58.